The molecule has 0 unspecified atom stereocenters. The Morgan fingerprint density at radius 2 is 1.81 bits per heavy atom. The number of aryl methyl sites for hydroxylation is 1. The Hall–Kier alpha value is -2.23. The van der Waals surface area contributed by atoms with Crippen LogP contribution in [0, 0.1) is 18.6 Å². The van der Waals surface area contributed by atoms with E-state index in [0.29, 0.717) is 12.4 Å². The number of rotatable bonds is 5. The average molecular weight is 290 g/mol. The van der Waals surface area contributed by atoms with E-state index >= 15 is 0 Å². The van der Waals surface area contributed by atoms with Crippen LogP contribution in [0.3, 0.4) is 0 Å². The second kappa shape index (κ2) is 6.48. The Kier molecular flexibility index (Phi) is 4.68. The molecule has 0 saturated carbocycles. The lowest BCUT2D eigenvalue weighted by Gasteiger charge is -2.11. The van der Waals surface area contributed by atoms with Gasteiger partial charge in [-0.15, -0.1) is 0 Å². The van der Waals surface area contributed by atoms with Crippen molar-refractivity contribution in [3.05, 3.63) is 64.7 Å². The molecular weight excluding hydrogens is 274 g/mol. The molecule has 0 heterocycles. The maximum Gasteiger partial charge on any atom is 0.199 e. The summed E-state index contributed by atoms with van der Waals surface area (Å²) in [5.41, 5.74) is 0.351. The van der Waals surface area contributed by atoms with Crippen LogP contribution in [-0.4, -0.2) is 12.4 Å². The summed E-state index contributed by atoms with van der Waals surface area (Å²) in [5, 5.41) is 0. The summed E-state index contributed by atoms with van der Waals surface area (Å²) in [6.07, 6.45) is 0.798. The normalized spacial score (nSPS) is 10.5. The number of benzene rings is 2. The van der Waals surface area contributed by atoms with Gasteiger partial charge in [-0.3, -0.25) is 4.79 Å². The summed E-state index contributed by atoms with van der Waals surface area (Å²) in [5.74, 6) is -1.64. The zero-order chi connectivity index (χ0) is 15.4. The van der Waals surface area contributed by atoms with Crippen LogP contribution in [0.2, 0.25) is 0 Å². The molecule has 0 aromatic heterocycles. The topological polar surface area (TPSA) is 26.3 Å². The van der Waals surface area contributed by atoms with Crippen LogP contribution in [0.5, 0.6) is 5.75 Å². The van der Waals surface area contributed by atoms with Crippen LogP contribution in [0.25, 0.3) is 0 Å². The lowest BCUT2D eigenvalue weighted by molar-refractivity contribution is 0.103. The monoisotopic (exact) mass is 290 g/mol. The van der Waals surface area contributed by atoms with Gasteiger partial charge in [0, 0.05) is 6.07 Å². The maximum absolute atomic E-state index is 13.8. The van der Waals surface area contributed by atoms with E-state index in [-0.39, 0.29) is 16.7 Å². The van der Waals surface area contributed by atoms with Gasteiger partial charge >= 0.3 is 0 Å². The van der Waals surface area contributed by atoms with E-state index in [9.17, 15) is 13.6 Å². The predicted octanol–water partition coefficient (Wildman–Crippen LogP) is 4.29. The second-order valence-electron chi connectivity index (χ2n) is 4.75. The fraction of sp³-hybridized carbons (Fsp3) is 0.235. The molecule has 0 bridgehead atoms. The Labute approximate surface area is 122 Å². The summed E-state index contributed by atoms with van der Waals surface area (Å²) in [7, 11) is 0. The molecule has 0 radical (unpaired) electrons. The molecule has 2 aromatic carbocycles. The van der Waals surface area contributed by atoms with E-state index in [1.165, 1.54) is 13.0 Å². The smallest absolute Gasteiger partial charge is 0.199 e. The Morgan fingerprint density at radius 1 is 1.10 bits per heavy atom. The third kappa shape index (κ3) is 3.27. The molecule has 0 aliphatic heterocycles. The fourth-order valence-corrected chi connectivity index (χ4v) is 1.97. The van der Waals surface area contributed by atoms with E-state index in [0.717, 1.165) is 12.5 Å². The molecule has 0 fully saturated rings. The second-order valence-corrected chi connectivity index (χ2v) is 4.75. The van der Waals surface area contributed by atoms with Crippen LogP contribution < -0.4 is 4.74 Å². The van der Waals surface area contributed by atoms with Crippen molar-refractivity contribution in [2.24, 2.45) is 0 Å². The highest BCUT2D eigenvalue weighted by atomic mass is 19.1. The molecule has 0 amide bonds. The highest BCUT2D eigenvalue weighted by Crippen LogP contribution is 2.24. The summed E-state index contributed by atoms with van der Waals surface area (Å²) < 4.78 is 32.6. The van der Waals surface area contributed by atoms with Gasteiger partial charge in [0.05, 0.1) is 17.7 Å². The molecular formula is C17H16F2O2. The van der Waals surface area contributed by atoms with Crippen molar-refractivity contribution in [2.45, 2.75) is 20.3 Å². The van der Waals surface area contributed by atoms with E-state index in [1.807, 2.05) is 6.92 Å². The molecule has 4 heteroatoms. The molecule has 0 saturated heterocycles. The molecule has 21 heavy (non-hydrogen) atoms. The largest absolute Gasteiger partial charge is 0.493 e. The van der Waals surface area contributed by atoms with E-state index in [1.54, 1.807) is 24.3 Å². The van der Waals surface area contributed by atoms with Gasteiger partial charge in [0.25, 0.3) is 0 Å². The van der Waals surface area contributed by atoms with Gasteiger partial charge < -0.3 is 4.74 Å². The maximum atomic E-state index is 13.8. The fourth-order valence-electron chi connectivity index (χ4n) is 1.97. The molecule has 0 aliphatic carbocycles. The third-order valence-corrected chi connectivity index (χ3v) is 3.09. The SMILES string of the molecule is CCCOc1ccccc1C(=O)c1cc(C)c(F)cc1F. The zero-order valence-corrected chi connectivity index (χ0v) is 12.0. The molecule has 2 rings (SSSR count). The Bertz CT molecular complexity index is 666. The van der Waals surface area contributed by atoms with E-state index in [2.05, 4.69) is 0 Å². The van der Waals surface area contributed by atoms with Crippen molar-refractivity contribution in [3.63, 3.8) is 0 Å². The molecule has 0 N–H and O–H groups in total. The minimum Gasteiger partial charge on any atom is -0.493 e. The number of ether oxygens (including phenoxy) is 1. The summed E-state index contributed by atoms with van der Waals surface area (Å²) in [6.45, 7) is 3.91. The van der Waals surface area contributed by atoms with Crippen molar-refractivity contribution in [1.82, 2.24) is 0 Å². The van der Waals surface area contributed by atoms with Gasteiger partial charge in [-0.25, -0.2) is 8.78 Å². The molecule has 0 aliphatic rings. The first kappa shape index (κ1) is 15.2. The van der Waals surface area contributed by atoms with Crippen LogP contribution >= 0.6 is 0 Å². The highest BCUT2D eigenvalue weighted by molar-refractivity contribution is 6.11. The first-order chi connectivity index (χ1) is 10.0. The highest BCUT2D eigenvalue weighted by Gasteiger charge is 2.19. The number of carbonyl (C=O) groups is 1. The standard InChI is InChI=1S/C17H16F2O2/c1-3-8-21-16-7-5-4-6-12(16)17(20)13-9-11(2)14(18)10-15(13)19/h4-7,9-10H,3,8H2,1-2H3. The minimum absolute atomic E-state index is 0.151. The van der Waals surface area contributed by atoms with E-state index in [4.69, 9.17) is 4.74 Å². The van der Waals surface area contributed by atoms with E-state index < -0.39 is 17.4 Å². The van der Waals surface area contributed by atoms with Crippen molar-refractivity contribution in [1.29, 1.82) is 0 Å². The Balaban J connectivity index is 2.43. The van der Waals surface area contributed by atoms with Crippen LogP contribution in [0.4, 0.5) is 8.78 Å². The number of para-hydroxylation sites is 1. The van der Waals surface area contributed by atoms with Crippen molar-refractivity contribution < 1.29 is 18.3 Å². The number of ketones is 1. The van der Waals surface area contributed by atoms with Gasteiger partial charge in [-0.05, 0) is 37.1 Å². The number of hydrogen-bond acceptors (Lipinski definition) is 2. The number of hydrogen-bond donors (Lipinski definition) is 0. The van der Waals surface area contributed by atoms with Gasteiger partial charge in [-0.2, -0.15) is 0 Å². The molecule has 110 valence electrons. The lowest BCUT2D eigenvalue weighted by Crippen LogP contribution is -2.09. The first-order valence-corrected chi connectivity index (χ1v) is 6.76. The van der Waals surface area contributed by atoms with Gasteiger partial charge in [-0.1, -0.05) is 19.1 Å². The molecule has 2 aromatic rings. The number of carbonyl (C=O) groups excluding carboxylic acids is 1. The van der Waals surface area contributed by atoms with Gasteiger partial charge in [0.15, 0.2) is 5.78 Å². The molecule has 2 nitrogen and oxygen atoms in total. The molecule has 0 spiro atoms. The lowest BCUT2D eigenvalue weighted by atomic mass is 10.00. The Morgan fingerprint density at radius 3 is 2.52 bits per heavy atom. The van der Waals surface area contributed by atoms with Crippen molar-refractivity contribution in [3.8, 4) is 5.75 Å². The van der Waals surface area contributed by atoms with Crippen molar-refractivity contribution >= 4 is 5.78 Å². The zero-order valence-electron chi connectivity index (χ0n) is 12.0. The van der Waals surface area contributed by atoms with Crippen LogP contribution in [0.15, 0.2) is 36.4 Å². The summed E-state index contributed by atoms with van der Waals surface area (Å²) >= 11 is 0. The quantitative estimate of drug-likeness (QED) is 0.768. The van der Waals surface area contributed by atoms with Gasteiger partial charge in [0.2, 0.25) is 0 Å². The average Bonchev–Trinajstić information content (AvgIpc) is 2.48. The summed E-state index contributed by atoms with van der Waals surface area (Å²) in [4.78, 5) is 12.5. The van der Waals surface area contributed by atoms with Gasteiger partial charge in [0.1, 0.15) is 17.4 Å². The first-order valence-electron chi connectivity index (χ1n) is 6.76. The number of halogens is 2. The van der Waals surface area contributed by atoms with Crippen molar-refractivity contribution in [2.75, 3.05) is 6.61 Å². The van der Waals surface area contributed by atoms with Crippen LogP contribution in [-0.2, 0) is 0 Å². The van der Waals surface area contributed by atoms with Crippen LogP contribution in [0.1, 0.15) is 34.8 Å². The predicted molar refractivity (Wildman–Crippen MR) is 76.8 cm³/mol. The summed E-state index contributed by atoms with van der Waals surface area (Å²) in [6, 6.07) is 8.62. The third-order valence-electron chi connectivity index (χ3n) is 3.09. The minimum atomic E-state index is -0.867. The molecule has 0 atom stereocenters.